The average molecular weight is 243 g/mol. The van der Waals surface area contributed by atoms with E-state index in [9.17, 15) is 0 Å². The molecule has 0 unspecified atom stereocenters. The lowest BCUT2D eigenvalue weighted by molar-refractivity contribution is 0.968. The van der Waals surface area contributed by atoms with Gasteiger partial charge in [-0.3, -0.25) is 0 Å². The van der Waals surface area contributed by atoms with Crippen LogP contribution >= 0.6 is 23.2 Å². The van der Waals surface area contributed by atoms with Crippen LogP contribution in [-0.2, 0) is 6.42 Å². The van der Waals surface area contributed by atoms with Gasteiger partial charge in [0, 0.05) is 6.54 Å². The van der Waals surface area contributed by atoms with Crippen LogP contribution in [0, 0.1) is 0 Å². The summed E-state index contributed by atoms with van der Waals surface area (Å²) in [6.45, 7) is 0.504. The van der Waals surface area contributed by atoms with E-state index < -0.39 is 0 Å². The molecule has 80 valence electrons. The van der Waals surface area contributed by atoms with Crippen LogP contribution in [0.4, 0.5) is 5.69 Å². The summed E-state index contributed by atoms with van der Waals surface area (Å²) < 4.78 is 0. The van der Waals surface area contributed by atoms with Crippen LogP contribution in [0.1, 0.15) is 17.5 Å². The highest BCUT2D eigenvalue weighted by atomic mass is 35.5. The Morgan fingerprint density at radius 1 is 1.33 bits per heavy atom. The van der Waals surface area contributed by atoms with Crippen LogP contribution in [0.15, 0.2) is 12.1 Å². The van der Waals surface area contributed by atoms with Crippen molar-refractivity contribution in [2.75, 3.05) is 12.3 Å². The Bertz CT molecular complexity index is 439. The lowest BCUT2D eigenvalue weighted by Gasteiger charge is -2.19. The molecule has 4 heteroatoms. The van der Waals surface area contributed by atoms with Crippen molar-refractivity contribution < 1.29 is 0 Å². The standard InChI is InChI=1S/C11H12Cl2N2/c12-9-4-8-6(5-14)2-1-3-7(8)10(13)11(9)15/h2,4H,1,3,5,14-15H2. The highest BCUT2D eigenvalue weighted by Crippen LogP contribution is 2.38. The molecule has 0 spiro atoms. The zero-order valence-corrected chi connectivity index (χ0v) is 9.70. The first-order valence-electron chi connectivity index (χ1n) is 4.81. The maximum atomic E-state index is 6.16. The van der Waals surface area contributed by atoms with Gasteiger partial charge in [0.2, 0.25) is 0 Å². The third-order valence-corrected chi connectivity index (χ3v) is 3.45. The molecular weight excluding hydrogens is 231 g/mol. The smallest absolute Gasteiger partial charge is 0.0696 e. The van der Waals surface area contributed by atoms with E-state index in [1.54, 1.807) is 0 Å². The summed E-state index contributed by atoms with van der Waals surface area (Å²) in [6, 6.07) is 1.86. The fraction of sp³-hybridized carbons (Fsp3) is 0.273. The van der Waals surface area contributed by atoms with Crippen molar-refractivity contribution in [1.29, 1.82) is 0 Å². The fourth-order valence-corrected chi connectivity index (χ4v) is 2.45. The van der Waals surface area contributed by atoms with E-state index >= 15 is 0 Å². The zero-order valence-electron chi connectivity index (χ0n) is 8.19. The highest BCUT2D eigenvalue weighted by Gasteiger charge is 2.18. The van der Waals surface area contributed by atoms with Crippen molar-refractivity contribution >= 4 is 34.5 Å². The number of nitrogens with two attached hydrogens (primary N) is 2. The minimum Gasteiger partial charge on any atom is -0.396 e. The Kier molecular flexibility index (Phi) is 2.91. The van der Waals surface area contributed by atoms with E-state index in [-0.39, 0.29) is 0 Å². The molecule has 1 aromatic carbocycles. The molecule has 1 aromatic rings. The van der Waals surface area contributed by atoms with Crippen LogP contribution in [-0.4, -0.2) is 6.54 Å². The molecule has 4 N–H and O–H groups in total. The van der Waals surface area contributed by atoms with Crippen LogP contribution in [0.3, 0.4) is 0 Å². The Balaban J connectivity index is 2.66. The first kappa shape index (κ1) is 10.8. The van der Waals surface area contributed by atoms with Crippen molar-refractivity contribution in [1.82, 2.24) is 0 Å². The van der Waals surface area contributed by atoms with Crippen molar-refractivity contribution in [3.05, 3.63) is 33.3 Å². The first-order chi connectivity index (χ1) is 7.15. The van der Waals surface area contributed by atoms with Gasteiger partial charge in [-0.05, 0) is 35.6 Å². The normalized spacial score (nSPS) is 14.7. The summed E-state index contributed by atoms with van der Waals surface area (Å²) >= 11 is 12.2. The van der Waals surface area contributed by atoms with Crippen LogP contribution in [0.2, 0.25) is 10.0 Å². The van der Waals surface area contributed by atoms with Gasteiger partial charge in [-0.25, -0.2) is 0 Å². The van der Waals surface area contributed by atoms with E-state index in [4.69, 9.17) is 34.7 Å². The third kappa shape index (κ3) is 1.73. The number of rotatable bonds is 1. The van der Waals surface area contributed by atoms with Gasteiger partial charge >= 0.3 is 0 Å². The summed E-state index contributed by atoms with van der Waals surface area (Å²) in [5.74, 6) is 0. The molecule has 1 aliphatic rings. The van der Waals surface area contributed by atoms with Crippen molar-refractivity contribution in [3.63, 3.8) is 0 Å². The number of halogens is 2. The van der Waals surface area contributed by atoms with Gasteiger partial charge in [0.25, 0.3) is 0 Å². The largest absolute Gasteiger partial charge is 0.396 e. The van der Waals surface area contributed by atoms with E-state index in [0.717, 1.165) is 29.5 Å². The number of fused-ring (bicyclic) bond motifs is 1. The number of allylic oxidation sites excluding steroid dienone is 1. The lowest BCUT2D eigenvalue weighted by atomic mass is 9.90. The molecule has 0 saturated heterocycles. The summed E-state index contributed by atoms with van der Waals surface area (Å²) in [7, 11) is 0. The number of anilines is 1. The molecule has 2 nitrogen and oxygen atoms in total. The van der Waals surface area contributed by atoms with Gasteiger partial charge in [-0.1, -0.05) is 29.3 Å². The van der Waals surface area contributed by atoms with E-state index in [2.05, 4.69) is 6.08 Å². The second-order valence-corrected chi connectivity index (χ2v) is 4.37. The topological polar surface area (TPSA) is 52.0 Å². The molecule has 0 radical (unpaired) electrons. The molecule has 0 amide bonds. The van der Waals surface area contributed by atoms with Gasteiger partial charge in [0.1, 0.15) is 0 Å². The maximum absolute atomic E-state index is 6.16. The lowest BCUT2D eigenvalue weighted by Crippen LogP contribution is -2.10. The molecule has 0 fully saturated rings. The molecule has 0 bridgehead atoms. The van der Waals surface area contributed by atoms with Gasteiger partial charge in [0.15, 0.2) is 0 Å². The fourth-order valence-electron chi connectivity index (χ4n) is 1.90. The predicted molar refractivity (Wildman–Crippen MR) is 66.2 cm³/mol. The third-order valence-electron chi connectivity index (χ3n) is 2.71. The van der Waals surface area contributed by atoms with Gasteiger partial charge in [-0.15, -0.1) is 0 Å². The quantitative estimate of drug-likeness (QED) is 0.745. The Morgan fingerprint density at radius 2 is 2.07 bits per heavy atom. The molecule has 2 rings (SSSR count). The summed E-state index contributed by atoms with van der Waals surface area (Å²) in [5.41, 5.74) is 15.1. The van der Waals surface area contributed by atoms with Crippen LogP contribution < -0.4 is 11.5 Å². The number of benzene rings is 1. The van der Waals surface area contributed by atoms with Gasteiger partial charge in [0.05, 0.1) is 15.7 Å². The van der Waals surface area contributed by atoms with Crippen LogP contribution in [0.25, 0.3) is 5.57 Å². The molecule has 0 saturated carbocycles. The van der Waals surface area contributed by atoms with E-state index in [1.165, 1.54) is 0 Å². The van der Waals surface area contributed by atoms with Crippen LogP contribution in [0.5, 0.6) is 0 Å². The SMILES string of the molecule is NCC1=CCCc2c1cc(Cl)c(N)c2Cl. The predicted octanol–water partition coefficient (Wildman–Crippen LogP) is 2.86. The maximum Gasteiger partial charge on any atom is 0.0696 e. The summed E-state index contributed by atoms with van der Waals surface area (Å²) in [5, 5.41) is 1.08. The Hall–Kier alpha value is -0.700. The average Bonchev–Trinajstić information content (AvgIpc) is 2.25. The molecule has 0 heterocycles. The molecule has 0 aromatic heterocycles. The zero-order chi connectivity index (χ0) is 11.0. The van der Waals surface area contributed by atoms with Gasteiger partial charge < -0.3 is 11.5 Å². The number of nitrogen functional groups attached to an aromatic ring is 1. The molecular formula is C11H12Cl2N2. The monoisotopic (exact) mass is 242 g/mol. The summed E-state index contributed by atoms with van der Waals surface area (Å²) in [4.78, 5) is 0. The van der Waals surface area contributed by atoms with E-state index in [0.29, 0.717) is 22.3 Å². The minimum absolute atomic E-state index is 0.468. The first-order valence-corrected chi connectivity index (χ1v) is 5.56. The molecule has 15 heavy (non-hydrogen) atoms. The number of hydrogen-bond donors (Lipinski definition) is 2. The second-order valence-electron chi connectivity index (χ2n) is 3.58. The summed E-state index contributed by atoms with van der Waals surface area (Å²) in [6.07, 6.45) is 3.99. The van der Waals surface area contributed by atoms with Gasteiger partial charge in [-0.2, -0.15) is 0 Å². The minimum atomic E-state index is 0.468. The molecule has 1 aliphatic carbocycles. The Morgan fingerprint density at radius 3 is 2.73 bits per heavy atom. The van der Waals surface area contributed by atoms with Crippen molar-refractivity contribution in [2.45, 2.75) is 12.8 Å². The molecule has 0 aliphatic heterocycles. The molecule has 0 atom stereocenters. The second kappa shape index (κ2) is 4.05. The van der Waals surface area contributed by atoms with Crippen molar-refractivity contribution in [2.24, 2.45) is 5.73 Å². The number of hydrogen-bond acceptors (Lipinski definition) is 2. The van der Waals surface area contributed by atoms with Crippen molar-refractivity contribution in [3.8, 4) is 0 Å². The highest BCUT2D eigenvalue weighted by molar-refractivity contribution is 6.39. The Labute approximate surface area is 98.8 Å². The van der Waals surface area contributed by atoms with E-state index in [1.807, 2.05) is 6.07 Å².